The van der Waals surface area contributed by atoms with E-state index in [4.69, 9.17) is 4.74 Å². The van der Waals surface area contributed by atoms with Crippen molar-refractivity contribution in [3.05, 3.63) is 54.1 Å². The molecule has 1 N–H and O–H groups in total. The van der Waals surface area contributed by atoms with Crippen LogP contribution in [0.5, 0.6) is 5.75 Å². The van der Waals surface area contributed by atoms with Crippen LogP contribution in [0, 0.1) is 6.92 Å². The Bertz CT molecular complexity index is 882. The number of thioether (sulfide) groups is 1. The van der Waals surface area contributed by atoms with Crippen molar-refractivity contribution in [1.29, 1.82) is 0 Å². The number of carbonyl (C=O) groups excluding carboxylic acids is 3. The smallest absolute Gasteiger partial charge is 0.247 e. The maximum Gasteiger partial charge on any atom is 0.247 e. The molecule has 1 fully saturated rings. The Morgan fingerprint density at radius 3 is 2.68 bits per heavy atom. The highest BCUT2D eigenvalue weighted by Crippen LogP contribution is 2.30. The Hall–Kier alpha value is -2.80. The van der Waals surface area contributed by atoms with Gasteiger partial charge in [0.15, 0.2) is 0 Å². The molecule has 1 aliphatic rings. The fourth-order valence-corrected chi connectivity index (χ4v) is 4.01. The van der Waals surface area contributed by atoms with Gasteiger partial charge >= 0.3 is 0 Å². The van der Waals surface area contributed by atoms with Gasteiger partial charge in [0.05, 0.1) is 18.0 Å². The number of benzene rings is 2. The van der Waals surface area contributed by atoms with Crippen molar-refractivity contribution < 1.29 is 19.1 Å². The van der Waals surface area contributed by atoms with Crippen molar-refractivity contribution in [2.24, 2.45) is 0 Å². The molecule has 1 aliphatic heterocycles. The van der Waals surface area contributed by atoms with Crippen molar-refractivity contribution >= 4 is 40.9 Å². The van der Waals surface area contributed by atoms with Gasteiger partial charge in [0, 0.05) is 30.3 Å². The molecular formula is C21H22N2O4S. The predicted molar refractivity (Wildman–Crippen MR) is 111 cm³/mol. The first-order valence-corrected chi connectivity index (χ1v) is 10.0. The number of nitrogens with one attached hydrogen (secondary N) is 1. The summed E-state index contributed by atoms with van der Waals surface area (Å²) in [4.78, 5) is 38.3. The maximum atomic E-state index is 12.6. The second-order valence-corrected chi connectivity index (χ2v) is 7.81. The van der Waals surface area contributed by atoms with Gasteiger partial charge in [0.2, 0.25) is 17.7 Å². The lowest BCUT2D eigenvalue weighted by Gasteiger charge is -2.15. The highest BCUT2D eigenvalue weighted by Gasteiger charge is 2.39. The van der Waals surface area contributed by atoms with Crippen LogP contribution in [0.4, 0.5) is 11.4 Å². The first kappa shape index (κ1) is 19.9. The molecule has 28 heavy (non-hydrogen) atoms. The second kappa shape index (κ2) is 8.93. The zero-order valence-electron chi connectivity index (χ0n) is 15.8. The molecule has 0 radical (unpaired) electrons. The number of imide groups is 1. The lowest BCUT2D eigenvalue weighted by Crippen LogP contribution is -2.31. The molecule has 3 rings (SSSR count). The van der Waals surface area contributed by atoms with Crippen LogP contribution in [0.15, 0.2) is 48.5 Å². The van der Waals surface area contributed by atoms with Gasteiger partial charge in [-0.3, -0.25) is 14.4 Å². The molecule has 0 aliphatic carbocycles. The van der Waals surface area contributed by atoms with Crippen LogP contribution in [-0.2, 0) is 14.4 Å². The Morgan fingerprint density at radius 2 is 1.96 bits per heavy atom. The highest BCUT2D eigenvalue weighted by molar-refractivity contribution is 8.00. The van der Waals surface area contributed by atoms with Crippen LogP contribution in [-0.4, -0.2) is 35.8 Å². The first-order valence-electron chi connectivity index (χ1n) is 8.97. The van der Waals surface area contributed by atoms with Gasteiger partial charge in [-0.15, -0.1) is 11.8 Å². The average Bonchev–Trinajstić information content (AvgIpc) is 2.96. The molecule has 6 nitrogen and oxygen atoms in total. The second-order valence-electron chi connectivity index (χ2n) is 6.50. The third-order valence-electron chi connectivity index (χ3n) is 4.40. The van der Waals surface area contributed by atoms with Crippen molar-refractivity contribution in [3.8, 4) is 5.75 Å². The summed E-state index contributed by atoms with van der Waals surface area (Å²) in [5, 5.41) is 2.36. The first-order chi connectivity index (χ1) is 13.5. The van der Waals surface area contributed by atoms with E-state index in [2.05, 4.69) is 5.32 Å². The number of carbonyl (C=O) groups is 3. The Morgan fingerprint density at radius 1 is 1.21 bits per heavy atom. The summed E-state index contributed by atoms with van der Waals surface area (Å²) in [7, 11) is 1.57. The van der Waals surface area contributed by atoms with E-state index in [1.807, 2.05) is 19.1 Å². The summed E-state index contributed by atoms with van der Waals surface area (Å²) in [6.07, 6.45) is 0.416. The van der Waals surface area contributed by atoms with Crippen LogP contribution in [0.3, 0.4) is 0 Å². The molecule has 1 atom stereocenters. The van der Waals surface area contributed by atoms with Crippen LogP contribution >= 0.6 is 11.8 Å². The topological polar surface area (TPSA) is 75.7 Å². The molecule has 2 aromatic carbocycles. The van der Waals surface area contributed by atoms with E-state index in [0.29, 0.717) is 22.9 Å². The molecule has 0 spiro atoms. The number of methoxy groups -OCH3 is 1. The predicted octanol–water partition coefficient (Wildman–Crippen LogP) is 3.40. The minimum absolute atomic E-state index is 0.145. The van der Waals surface area contributed by atoms with Crippen LogP contribution in [0.2, 0.25) is 0 Å². The van der Waals surface area contributed by atoms with Gasteiger partial charge in [0.25, 0.3) is 0 Å². The minimum atomic E-state index is -0.446. The summed E-state index contributed by atoms with van der Waals surface area (Å²) in [6.45, 7) is 1.95. The standard InChI is InChI=1S/C21H22N2O4S/c1-14-6-8-16(9-7-14)23-20(25)13-18(21(23)26)28-11-10-19(24)22-15-4-3-5-17(12-15)27-2/h3-9,12,18H,10-11,13H2,1-2H3,(H,22,24)/t18-/m1/s1. The summed E-state index contributed by atoms with van der Waals surface area (Å²) >= 11 is 1.35. The van der Waals surface area contributed by atoms with Gasteiger partial charge in [-0.25, -0.2) is 4.90 Å². The number of nitrogens with zero attached hydrogens (tertiary/aromatic N) is 1. The lowest BCUT2D eigenvalue weighted by atomic mass is 10.2. The summed E-state index contributed by atoms with van der Waals surface area (Å²) in [5.41, 5.74) is 2.32. The SMILES string of the molecule is COc1cccc(NC(=O)CCS[C@@H]2CC(=O)N(c3ccc(C)cc3)C2=O)c1. The van der Waals surface area contributed by atoms with E-state index in [9.17, 15) is 14.4 Å². The van der Waals surface area contributed by atoms with Crippen molar-refractivity contribution in [3.63, 3.8) is 0 Å². The van der Waals surface area contributed by atoms with Gasteiger partial charge in [0.1, 0.15) is 5.75 Å². The van der Waals surface area contributed by atoms with Crippen molar-refractivity contribution in [2.75, 3.05) is 23.1 Å². The molecule has 146 valence electrons. The van der Waals surface area contributed by atoms with Crippen LogP contribution in [0.1, 0.15) is 18.4 Å². The van der Waals surface area contributed by atoms with Crippen molar-refractivity contribution in [2.45, 2.75) is 25.0 Å². The monoisotopic (exact) mass is 398 g/mol. The van der Waals surface area contributed by atoms with Gasteiger partial charge in [-0.1, -0.05) is 23.8 Å². The molecule has 0 bridgehead atoms. The van der Waals surface area contributed by atoms with E-state index in [-0.39, 0.29) is 30.6 Å². The third kappa shape index (κ3) is 4.72. The largest absolute Gasteiger partial charge is 0.497 e. The summed E-state index contributed by atoms with van der Waals surface area (Å²) in [6, 6.07) is 14.4. The Kier molecular flexibility index (Phi) is 6.36. The van der Waals surface area contributed by atoms with E-state index in [1.165, 1.54) is 16.7 Å². The van der Waals surface area contributed by atoms with Crippen LogP contribution < -0.4 is 15.0 Å². The van der Waals surface area contributed by atoms with Gasteiger partial charge in [-0.2, -0.15) is 0 Å². The Balaban J connectivity index is 1.50. The third-order valence-corrected chi connectivity index (χ3v) is 5.61. The zero-order valence-corrected chi connectivity index (χ0v) is 16.6. The number of amides is 3. The van der Waals surface area contributed by atoms with E-state index in [1.54, 1.807) is 43.5 Å². The highest BCUT2D eigenvalue weighted by atomic mass is 32.2. The van der Waals surface area contributed by atoms with E-state index < -0.39 is 5.25 Å². The maximum absolute atomic E-state index is 12.6. The molecule has 2 aromatic rings. The summed E-state index contributed by atoms with van der Waals surface area (Å²) in [5.74, 6) is 0.562. The molecule has 0 unspecified atom stereocenters. The quantitative estimate of drug-likeness (QED) is 0.724. The molecule has 0 aromatic heterocycles. The molecular weight excluding hydrogens is 376 g/mol. The fraction of sp³-hybridized carbons (Fsp3) is 0.286. The fourth-order valence-electron chi connectivity index (χ4n) is 2.92. The van der Waals surface area contributed by atoms with Crippen LogP contribution in [0.25, 0.3) is 0 Å². The number of hydrogen-bond acceptors (Lipinski definition) is 5. The number of aryl methyl sites for hydroxylation is 1. The molecule has 3 amide bonds. The zero-order chi connectivity index (χ0) is 20.1. The molecule has 1 saturated heterocycles. The number of ether oxygens (including phenoxy) is 1. The molecule has 0 saturated carbocycles. The van der Waals surface area contributed by atoms with Gasteiger partial charge in [-0.05, 0) is 31.2 Å². The normalized spacial score (nSPS) is 16.4. The minimum Gasteiger partial charge on any atom is -0.497 e. The summed E-state index contributed by atoms with van der Waals surface area (Å²) < 4.78 is 5.13. The number of rotatable bonds is 7. The number of anilines is 2. The Labute approximate surface area is 168 Å². The van der Waals surface area contributed by atoms with Crippen molar-refractivity contribution in [1.82, 2.24) is 0 Å². The lowest BCUT2D eigenvalue weighted by molar-refractivity contribution is -0.121. The molecule has 7 heteroatoms. The van der Waals surface area contributed by atoms with E-state index in [0.717, 1.165) is 5.56 Å². The number of hydrogen-bond donors (Lipinski definition) is 1. The molecule has 1 heterocycles. The van der Waals surface area contributed by atoms with Gasteiger partial charge < -0.3 is 10.1 Å². The van der Waals surface area contributed by atoms with E-state index >= 15 is 0 Å². The average molecular weight is 398 g/mol.